The van der Waals surface area contributed by atoms with E-state index in [1.807, 2.05) is 33.8 Å². The second-order valence-corrected chi connectivity index (χ2v) is 7.35. The number of hydrogen-bond acceptors (Lipinski definition) is 6. The monoisotopic (exact) mass is 333 g/mol. The van der Waals surface area contributed by atoms with Gasteiger partial charge < -0.3 is 18.8 Å². The van der Waals surface area contributed by atoms with Crippen LogP contribution in [-0.2, 0) is 18.8 Å². The first-order chi connectivity index (χ1) is 11.2. The Hall–Kier alpha value is -1.44. The number of pyridine rings is 1. The molecule has 1 atom stereocenters. The molecule has 6 nitrogen and oxygen atoms in total. The Morgan fingerprint density at radius 2 is 1.92 bits per heavy atom. The number of aromatic nitrogens is 1. The molecule has 0 bridgehead atoms. The second kappa shape index (κ2) is 6.13. The van der Waals surface area contributed by atoms with Crippen LogP contribution in [0.15, 0.2) is 12.1 Å². The summed E-state index contributed by atoms with van der Waals surface area (Å²) in [7, 11) is 0.812. The summed E-state index contributed by atoms with van der Waals surface area (Å²) in [5.74, 6) is -0.288. The van der Waals surface area contributed by atoms with E-state index in [1.165, 1.54) is 7.11 Å². The Morgan fingerprint density at radius 3 is 2.46 bits per heavy atom. The molecule has 2 saturated heterocycles. The molecule has 0 aliphatic carbocycles. The molecule has 3 rings (SSSR count). The maximum absolute atomic E-state index is 12.0. The van der Waals surface area contributed by atoms with E-state index in [0.29, 0.717) is 13.2 Å². The zero-order chi connectivity index (χ0) is 17.5. The van der Waals surface area contributed by atoms with Gasteiger partial charge in [-0.05, 0) is 51.7 Å². The molecule has 2 fully saturated rings. The molecule has 1 unspecified atom stereocenters. The Labute approximate surface area is 143 Å². The van der Waals surface area contributed by atoms with E-state index in [4.69, 9.17) is 18.8 Å². The van der Waals surface area contributed by atoms with E-state index >= 15 is 0 Å². The summed E-state index contributed by atoms with van der Waals surface area (Å²) in [5, 5.41) is 0. The molecule has 24 heavy (non-hydrogen) atoms. The highest BCUT2D eigenvalue weighted by molar-refractivity contribution is 6.62. The van der Waals surface area contributed by atoms with Crippen LogP contribution in [0.5, 0.6) is 0 Å². The highest BCUT2D eigenvalue weighted by atomic mass is 16.7. The molecule has 0 N–H and O–H groups in total. The molecule has 0 spiro atoms. The maximum Gasteiger partial charge on any atom is 0.494 e. The van der Waals surface area contributed by atoms with Crippen LogP contribution >= 0.6 is 0 Å². The Bertz CT molecular complexity index is 624. The van der Waals surface area contributed by atoms with Crippen molar-refractivity contribution in [2.24, 2.45) is 0 Å². The van der Waals surface area contributed by atoms with E-state index in [9.17, 15) is 4.79 Å². The summed E-state index contributed by atoms with van der Waals surface area (Å²) < 4.78 is 22.5. The van der Waals surface area contributed by atoms with Crippen molar-refractivity contribution < 1.29 is 23.6 Å². The SMILES string of the molecule is COC(=O)c1cc(B2OC(C)(C)C(C)(C)O2)cc(C2CCOC2)n1. The molecule has 3 heterocycles. The molecule has 0 aromatic carbocycles. The molecule has 0 saturated carbocycles. The van der Waals surface area contributed by atoms with Crippen molar-refractivity contribution in [1.82, 2.24) is 4.98 Å². The van der Waals surface area contributed by atoms with Crippen LogP contribution in [0, 0.1) is 0 Å². The second-order valence-electron chi connectivity index (χ2n) is 7.35. The summed E-state index contributed by atoms with van der Waals surface area (Å²) in [6.07, 6.45) is 0.889. The molecule has 1 aromatic rings. The zero-order valence-corrected chi connectivity index (χ0v) is 14.9. The van der Waals surface area contributed by atoms with Crippen LogP contribution in [-0.4, -0.2) is 49.6 Å². The fraction of sp³-hybridized carbons (Fsp3) is 0.647. The van der Waals surface area contributed by atoms with Gasteiger partial charge in [0.15, 0.2) is 0 Å². The van der Waals surface area contributed by atoms with Crippen molar-refractivity contribution in [2.75, 3.05) is 20.3 Å². The number of methoxy groups -OCH3 is 1. The van der Waals surface area contributed by atoms with Crippen molar-refractivity contribution in [3.63, 3.8) is 0 Å². The smallest absolute Gasteiger partial charge is 0.464 e. The minimum Gasteiger partial charge on any atom is -0.464 e. The molecular formula is C17H24BNO5. The summed E-state index contributed by atoms with van der Waals surface area (Å²) in [4.78, 5) is 16.5. The number of hydrogen-bond donors (Lipinski definition) is 0. The van der Waals surface area contributed by atoms with E-state index in [1.54, 1.807) is 6.07 Å². The van der Waals surface area contributed by atoms with Gasteiger partial charge in [-0.25, -0.2) is 9.78 Å². The predicted molar refractivity (Wildman–Crippen MR) is 89.5 cm³/mol. The van der Waals surface area contributed by atoms with Gasteiger partial charge >= 0.3 is 13.1 Å². The molecule has 2 aliphatic heterocycles. The standard InChI is InChI=1S/C17H24BNO5/c1-16(2)17(3,4)24-18(23-16)12-8-13(11-6-7-22-10-11)19-14(9-12)15(20)21-5/h8-9,11H,6-7,10H2,1-5H3. The molecule has 7 heteroatoms. The predicted octanol–water partition coefficient (Wildman–Crippen LogP) is 1.67. The first-order valence-electron chi connectivity index (χ1n) is 8.27. The van der Waals surface area contributed by atoms with Gasteiger partial charge in [-0.3, -0.25) is 0 Å². The average Bonchev–Trinajstić information content (AvgIpc) is 3.13. The van der Waals surface area contributed by atoms with Gasteiger partial charge in [-0.15, -0.1) is 0 Å². The molecule has 0 amide bonds. The van der Waals surface area contributed by atoms with E-state index in [-0.39, 0.29) is 11.6 Å². The van der Waals surface area contributed by atoms with Gasteiger partial charge in [0.2, 0.25) is 0 Å². The van der Waals surface area contributed by atoms with Crippen LogP contribution in [0.1, 0.15) is 56.2 Å². The Kier molecular flexibility index (Phi) is 4.44. The molecule has 1 aromatic heterocycles. The fourth-order valence-electron chi connectivity index (χ4n) is 2.88. The van der Waals surface area contributed by atoms with E-state index in [0.717, 1.165) is 17.6 Å². The van der Waals surface area contributed by atoms with Gasteiger partial charge in [-0.1, -0.05) is 0 Å². The average molecular weight is 333 g/mol. The largest absolute Gasteiger partial charge is 0.494 e. The van der Waals surface area contributed by atoms with Gasteiger partial charge in [0.05, 0.1) is 24.9 Å². The molecule has 2 aliphatic rings. The Morgan fingerprint density at radius 1 is 1.25 bits per heavy atom. The maximum atomic E-state index is 12.0. The minimum atomic E-state index is -0.539. The lowest BCUT2D eigenvalue weighted by atomic mass is 9.78. The summed E-state index contributed by atoms with van der Waals surface area (Å²) in [6.45, 7) is 9.32. The summed E-state index contributed by atoms with van der Waals surface area (Å²) >= 11 is 0. The van der Waals surface area contributed by atoms with E-state index in [2.05, 4.69) is 4.98 Å². The first-order valence-corrected chi connectivity index (χ1v) is 8.27. The normalized spacial score (nSPS) is 25.0. The fourth-order valence-corrected chi connectivity index (χ4v) is 2.88. The first kappa shape index (κ1) is 17.4. The van der Waals surface area contributed by atoms with Gasteiger partial charge in [0.1, 0.15) is 5.69 Å². The van der Waals surface area contributed by atoms with Crippen LogP contribution < -0.4 is 5.46 Å². The highest BCUT2D eigenvalue weighted by Crippen LogP contribution is 2.36. The van der Waals surface area contributed by atoms with Gasteiger partial charge in [-0.2, -0.15) is 0 Å². The number of rotatable bonds is 3. The van der Waals surface area contributed by atoms with Crippen molar-refractivity contribution in [3.05, 3.63) is 23.5 Å². The molecule has 130 valence electrons. The number of ether oxygens (including phenoxy) is 2. The third kappa shape index (κ3) is 3.08. The van der Waals surface area contributed by atoms with Gasteiger partial charge in [0, 0.05) is 18.2 Å². The third-order valence-electron chi connectivity index (χ3n) is 5.14. The van der Waals surface area contributed by atoms with E-state index < -0.39 is 24.3 Å². The van der Waals surface area contributed by atoms with Crippen molar-refractivity contribution in [1.29, 1.82) is 0 Å². The minimum absolute atomic E-state index is 0.177. The third-order valence-corrected chi connectivity index (χ3v) is 5.14. The highest BCUT2D eigenvalue weighted by Gasteiger charge is 2.52. The van der Waals surface area contributed by atoms with Crippen LogP contribution in [0.25, 0.3) is 0 Å². The van der Waals surface area contributed by atoms with Crippen molar-refractivity contribution in [3.8, 4) is 0 Å². The van der Waals surface area contributed by atoms with Gasteiger partial charge in [0.25, 0.3) is 0 Å². The van der Waals surface area contributed by atoms with Crippen LogP contribution in [0.3, 0.4) is 0 Å². The lowest BCUT2D eigenvalue weighted by Gasteiger charge is -2.32. The Balaban J connectivity index is 1.98. The summed E-state index contributed by atoms with van der Waals surface area (Å²) in [6, 6.07) is 3.64. The topological polar surface area (TPSA) is 66.9 Å². The number of esters is 1. The number of nitrogens with zero attached hydrogens (tertiary/aromatic N) is 1. The van der Waals surface area contributed by atoms with Crippen molar-refractivity contribution >= 4 is 18.6 Å². The number of carbonyl (C=O) groups excluding carboxylic acids is 1. The lowest BCUT2D eigenvalue weighted by molar-refractivity contribution is 0.00578. The molecule has 0 radical (unpaired) electrons. The van der Waals surface area contributed by atoms with Crippen LogP contribution in [0.2, 0.25) is 0 Å². The lowest BCUT2D eigenvalue weighted by Crippen LogP contribution is -2.41. The number of carbonyl (C=O) groups is 1. The van der Waals surface area contributed by atoms with Crippen molar-refractivity contribution in [2.45, 2.75) is 51.2 Å². The molecular weight excluding hydrogens is 309 g/mol. The zero-order valence-electron chi connectivity index (χ0n) is 14.9. The van der Waals surface area contributed by atoms with Crippen LogP contribution in [0.4, 0.5) is 0 Å². The quantitative estimate of drug-likeness (QED) is 0.619. The summed E-state index contributed by atoms with van der Waals surface area (Å²) in [5.41, 5.74) is 0.990.